The number of nitrogens with one attached hydrogen (secondary N) is 7. The van der Waals surface area contributed by atoms with Gasteiger partial charge in [-0.25, -0.2) is 10.2 Å². The Labute approximate surface area is 285 Å². The fourth-order valence-corrected chi connectivity index (χ4v) is 5.04. The van der Waals surface area contributed by atoms with E-state index in [0.29, 0.717) is 0 Å². The molecule has 3 unspecified atom stereocenters. The second kappa shape index (κ2) is 17.3. The first-order valence-electron chi connectivity index (χ1n) is 16.0. The minimum atomic E-state index is -1.11. The molecule has 6 atom stereocenters. The van der Waals surface area contributed by atoms with Gasteiger partial charge < -0.3 is 31.3 Å². The zero-order chi connectivity index (χ0) is 36.4. The number of rotatable bonds is 16. The van der Waals surface area contributed by atoms with Crippen LogP contribution in [0.25, 0.3) is 11.1 Å². The minimum Gasteiger partial charge on any atom is -0.448 e. The number of hydrogen-bond acceptors (Lipinski definition) is 10. The molecule has 0 fully saturated rings. The van der Waals surface area contributed by atoms with Gasteiger partial charge in [0.05, 0.1) is 12.1 Å². The third-order valence-corrected chi connectivity index (χ3v) is 8.21. The number of hydrazine groups is 1. The molecule has 15 heteroatoms. The van der Waals surface area contributed by atoms with E-state index in [0.717, 1.165) is 22.3 Å². The topological polar surface area (TPSA) is 213 Å². The van der Waals surface area contributed by atoms with Crippen LogP contribution in [0.4, 0.5) is 4.79 Å². The maximum Gasteiger partial charge on any atom is 0.421 e. The van der Waals surface area contributed by atoms with Crippen LogP contribution < -0.4 is 37.4 Å². The van der Waals surface area contributed by atoms with Crippen molar-refractivity contribution in [2.45, 2.75) is 83.7 Å². The van der Waals surface area contributed by atoms with E-state index in [1.807, 2.05) is 48.5 Å². The molecular weight excluding hydrogens is 634 g/mol. The maximum absolute atomic E-state index is 12.7. The normalized spacial score (nSPS) is 15.5. The lowest BCUT2D eigenvalue weighted by Gasteiger charge is -2.22. The molecule has 0 aromatic heterocycles. The molecule has 2 aromatic rings. The molecule has 0 saturated heterocycles. The average molecular weight is 680 g/mol. The molecule has 1 aliphatic carbocycles. The van der Waals surface area contributed by atoms with Crippen LogP contribution in [0.1, 0.15) is 58.6 Å². The Morgan fingerprint density at radius 3 is 1.41 bits per heavy atom. The molecule has 264 valence electrons. The summed E-state index contributed by atoms with van der Waals surface area (Å²) in [6, 6.07) is 9.82. The van der Waals surface area contributed by atoms with Crippen LogP contribution in [0.15, 0.2) is 48.5 Å². The van der Waals surface area contributed by atoms with Gasteiger partial charge in [0.15, 0.2) is 0 Å². The van der Waals surface area contributed by atoms with Gasteiger partial charge >= 0.3 is 6.09 Å². The summed E-state index contributed by atoms with van der Waals surface area (Å²) in [5.74, 6) is -4.31. The van der Waals surface area contributed by atoms with Gasteiger partial charge in [0, 0.05) is 5.92 Å². The summed E-state index contributed by atoms with van der Waals surface area (Å²) >= 11 is 0. The van der Waals surface area contributed by atoms with Gasteiger partial charge in [-0.3, -0.25) is 34.2 Å². The van der Waals surface area contributed by atoms with E-state index in [9.17, 15) is 33.6 Å². The monoisotopic (exact) mass is 679 g/mol. The Bertz CT molecular complexity index is 1540. The first-order valence-corrected chi connectivity index (χ1v) is 16.0. The van der Waals surface area contributed by atoms with Crippen molar-refractivity contribution < 1.29 is 38.3 Å². The van der Waals surface area contributed by atoms with Crippen LogP contribution in [0, 0.1) is 0 Å². The quantitative estimate of drug-likeness (QED) is 0.0945. The van der Waals surface area contributed by atoms with Crippen LogP contribution >= 0.6 is 0 Å². The van der Waals surface area contributed by atoms with Gasteiger partial charge in [0.1, 0.15) is 30.8 Å². The smallest absolute Gasteiger partial charge is 0.421 e. The molecule has 0 saturated carbocycles. The summed E-state index contributed by atoms with van der Waals surface area (Å²) < 4.78 is 5.45. The van der Waals surface area contributed by atoms with E-state index in [1.54, 1.807) is 0 Å². The number of fused-ring (bicyclic) bond motifs is 3. The molecule has 49 heavy (non-hydrogen) atoms. The molecule has 5 amide bonds. The number of hydrogen-bond donors (Lipinski definition) is 7. The van der Waals surface area contributed by atoms with Crippen LogP contribution in [0.2, 0.25) is 0 Å². The van der Waals surface area contributed by atoms with Crippen molar-refractivity contribution in [1.82, 2.24) is 37.4 Å². The van der Waals surface area contributed by atoms with E-state index in [1.165, 1.54) is 48.6 Å². The highest BCUT2D eigenvalue weighted by molar-refractivity contribution is 6.41. The van der Waals surface area contributed by atoms with Gasteiger partial charge in [-0.05, 0) is 70.8 Å². The molecule has 0 aliphatic heterocycles. The van der Waals surface area contributed by atoms with Gasteiger partial charge in [-0.15, -0.1) is 0 Å². The Morgan fingerprint density at radius 2 is 0.959 bits per heavy atom. The number of benzene rings is 2. The number of amides is 5. The first-order chi connectivity index (χ1) is 23.2. The zero-order valence-electron chi connectivity index (χ0n) is 28.6. The molecule has 1 aliphatic rings. The predicted octanol–water partition coefficient (Wildman–Crippen LogP) is 0.183. The third-order valence-electron chi connectivity index (χ3n) is 8.21. The standard InChI is InChI=1S/C34H45N7O8/c1-17(35-7)28(42)29(43)18(2)36-30(44)19(3)37-31(45)20(4)38-32(46)21(5)39-33(47)22(6)40-41-34(48)49-16-27-25-14-10-8-12-23(25)24-13-9-11-15-26(24)27/h8-15,17-22,27,35,40H,16H2,1-7H3,(H,36,44)(H,37,45)(H,38,46)(H,39,47)(H,41,48)/t17?,18-,19?,20-,21?,22-/m0/s1. The SMILES string of the molecule is CNC(C)C(=O)C(=O)[C@H](C)NC(=O)C(C)NC(=O)[C@H](C)NC(=O)C(C)NC(=O)[C@H](C)NNC(=O)OCC1c2ccccc2-c2ccccc21. The lowest BCUT2D eigenvalue weighted by Crippen LogP contribution is -2.57. The van der Waals surface area contributed by atoms with Crippen molar-refractivity contribution in [2.75, 3.05) is 13.7 Å². The number of Topliss-reactive ketones (excluding diaryl/α,β-unsaturated/α-hetero) is 2. The highest BCUT2D eigenvalue weighted by atomic mass is 16.6. The van der Waals surface area contributed by atoms with Crippen molar-refractivity contribution >= 4 is 41.3 Å². The Kier molecular flexibility index (Phi) is 13.5. The second-order valence-electron chi connectivity index (χ2n) is 12.0. The van der Waals surface area contributed by atoms with Crippen LogP contribution in [0.5, 0.6) is 0 Å². The largest absolute Gasteiger partial charge is 0.448 e. The molecular formula is C34H45N7O8. The molecule has 2 aromatic carbocycles. The minimum absolute atomic E-state index is 0.0879. The van der Waals surface area contributed by atoms with Crippen LogP contribution in [-0.2, 0) is 33.5 Å². The molecule has 3 rings (SSSR count). The van der Waals surface area contributed by atoms with Crippen LogP contribution in [0.3, 0.4) is 0 Å². The summed E-state index contributed by atoms with van der Waals surface area (Å²) in [7, 11) is 1.53. The Hall–Kier alpha value is -5.15. The summed E-state index contributed by atoms with van der Waals surface area (Å²) in [6.07, 6.45) is -0.784. The van der Waals surface area contributed by atoms with Crippen molar-refractivity contribution in [3.05, 3.63) is 59.7 Å². The fraction of sp³-hybridized carbons (Fsp3) is 0.441. The van der Waals surface area contributed by atoms with E-state index in [-0.39, 0.29) is 12.5 Å². The van der Waals surface area contributed by atoms with E-state index >= 15 is 0 Å². The lowest BCUT2D eigenvalue weighted by molar-refractivity contribution is -0.139. The average Bonchev–Trinajstić information content (AvgIpc) is 3.41. The Balaban J connectivity index is 1.39. The third kappa shape index (κ3) is 9.93. The molecule has 0 spiro atoms. The summed E-state index contributed by atoms with van der Waals surface area (Å²) in [5.41, 5.74) is 9.20. The molecule has 7 N–H and O–H groups in total. The molecule has 0 bridgehead atoms. The van der Waals surface area contributed by atoms with E-state index in [4.69, 9.17) is 4.74 Å². The first kappa shape index (κ1) is 38.3. The number of carbonyl (C=O) groups is 7. The van der Waals surface area contributed by atoms with Crippen molar-refractivity contribution in [3.63, 3.8) is 0 Å². The van der Waals surface area contributed by atoms with Gasteiger partial charge in [-0.1, -0.05) is 48.5 Å². The van der Waals surface area contributed by atoms with Gasteiger partial charge in [0.25, 0.3) is 0 Å². The number of likely N-dealkylation sites (N-methyl/N-ethyl adjacent to an activating group) is 1. The number of ether oxygens (including phenoxy) is 1. The second-order valence-corrected chi connectivity index (χ2v) is 12.0. The van der Waals surface area contributed by atoms with Gasteiger partial charge in [0.2, 0.25) is 35.2 Å². The number of carbonyl (C=O) groups excluding carboxylic acids is 7. The van der Waals surface area contributed by atoms with Crippen molar-refractivity contribution in [2.24, 2.45) is 0 Å². The highest BCUT2D eigenvalue weighted by Crippen LogP contribution is 2.44. The van der Waals surface area contributed by atoms with Crippen molar-refractivity contribution in [3.8, 4) is 11.1 Å². The maximum atomic E-state index is 12.7. The van der Waals surface area contributed by atoms with Crippen molar-refractivity contribution in [1.29, 1.82) is 0 Å². The number of ketones is 2. The van der Waals surface area contributed by atoms with E-state index < -0.39 is 77.5 Å². The molecule has 15 nitrogen and oxygen atoms in total. The lowest BCUT2D eigenvalue weighted by atomic mass is 9.98. The molecule has 0 radical (unpaired) electrons. The fourth-order valence-electron chi connectivity index (χ4n) is 5.04. The van der Waals surface area contributed by atoms with Gasteiger partial charge in [-0.2, -0.15) is 0 Å². The van der Waals surface area contributed by atoms with E-state index in [2.05, 4.69) is 37.4 Å². The summed E-state index contributed by atoms with van der Waals surface area (Å²) in [4.78, 5) is 87.2. The highest BCUT2D eigenvalue weighted by Gasteiger charge is 2.31. The predicted molar refractivity (Wildman–Crippen MR) is 180 cm³/mol. The zero-order valence-corrected chi connectivity index (χ0v) is 28.6. The summed E-state index contributed by atoms with van der Waals surface area (Å²) in [5, 5.41) is 12.4. The molecule has 0 heterocycles. The Morgan fingerprint density at radius 1 is 0.571 bits per heavy atom. The summed E-state index contributed by atoms with van der Waals surface area (Å²) in [6.45, 7) is 8.62. The van der Waals surface area contributed by atoms with Crippen LogP contribution in [-0.4, -0.2) is 91.2 Å².